The molecule has 1 saturated heterocycles. The summed E-state index contributed by atoms with van der Waals surface area (Å²) >= 11 is 0. The average molecular weight is 410 g/mol. The number of halogens is 1. The normalized spacial score (nSPS) is 26.9. The van der Waals surface area contributed by atoms with Gasteiger partial charge < -0.3 is 24.8 Å². The minimum absolute atomic E-state index is 0.326. The van der Waals surface area contributed by atoms with Crippen molar-refractivity contribution in [1.82, 2.24) is 0 Å². The molecule has 1 heterocycles. The molecule has 5 atom stereocenters. The van der Waals surface area contributed by atoms with Gasteiger partial charge in [-0.25, -0.2) is 4.39 Å². The van der Waals surface area contributed by atoms with E-state index in [0.29, 0.717) is 16.9 Å². The predicted molar refractivity (Wildman–Crippen MR) is 112 cm³/mol. The first-order valence-electron chi connectivity index (χ1n) is 9.75. The van der Waals surface area contributed by atoms with Crippen LogP contribution in [0.2, 0.25) is 0 Å². The van der Waals surface area contributed by atoms with Crippen molar-refractivity contribution >= 4 is 22.9 Å². The predicted octanol–water partition coefficient (Wildman–Crippen LogP) is 3.36. The summed E-state index contributed by atoms with van der Waals surface area (Å²) in [6.45, 7) is 1.60. The summed E-state index contributed by atoms with van der Waals surface area (Å²) in [6, 6.07) is 17.7. The summed E-state index contributed by atoms with van der Waals surface area (Å²) < 4.78 is 25.0. The van der Waals surface area contributed by atoms with Crippen molar-refractivity contribution in [2.75, 3.05) is 0 Å². The van der Waals surface area contributed by atoms with Gasteiger partial charge in [-0.15, -0.1) is 0 Å². The van der Waals surface area contributed by atoms with Gasteiger partial charge in [-0.3, -0.25) is 0 Å². The van der Waals surface area contributed by atoms with Gasteiger partial charge in [0.2, 0.25) is 6.29 Å². The molecule has 1 fully saturated rings. The van der Waals surface area contributed by atoms with Crippen molar-refractivity contribution in [3.8, 4) is 5.75 Å². The topological polar surface area (TPSA) is 79.2 Å². The molecular formula is C24H23FO5. The lowest BCUT2D eigenvalue weighted by Gasteiger charge is -2.39. The van der Waals surface area contributed by atoms with E-state index in [2.05, 4.69) is 0 Å². The molecule has 0 aliphatic carbocycles. The maximum atomic E-state index is 13.5. The second-order valence-corrected chi connectivity index (χ2v) is 7.42. The molecule has 0 amide bonds. The van der Waals surface area contributed by atoms with Crippen molar-refractivity contribution in [2.45, 2.75) is 37.6 Å². The van der Waals surface area contributed by atoms with E-state index in [1.807, 2.05) is 36.4 Å². The Kier molecular flexibility index (Phi) is 5.83. The molecule has 0 saturated carbocycles. The summed E-state index contributed by atoms with van der Waals surface area (Å²) in [5, 5.41) is 32.2. The number of ether oxygens (including phenoxy) is 2. The Morgan fingerprint density at radius 1 is 0.867 bits per heavy atom. The summed E-state index contributed by atoms with van der Waals surface area (Å²) in [6.07, 6.45) is -2.31. The lowest BCUT2D eigenvalue weighted by molar-refractivity contribution is -0.268. The molecule has 1 aliphatic rings. The van der Waals surface area contributed by atoms with Gasteiger partial charge in [0.15, 0.2) is 0 Å². The summed E-state index contributed by atoms with van der Waals surface area (Å²) in [4.78, 5) is 0. The summed E-state index contributed by atoms with van der Waals surface area (Å²) in [7, 11) is 0. The third-order valence-corrected chi connectivity index (χ3v) is 5.23. The molecule has 3 N–H and O–H groups in total. The van der Waals surface area contributed by atoms with Crippen LogP contribution >= 0.6 is 0 Å². The molecule has 30 heavy (non-hydrogen) atoms. The average Bonchev–Trinajstić information content (AvgIpc) is 2.74. The lowest BCUT2D eigenvalue weighted by Crippen LogP contribution is -2.58. The highest BCUT2D eigenvalue weighted by molar-refractivity contribution is 5.88. The quantitative estimate of drug-likeness (QED) is 0.575. The second-order valence-electron chi connectivity index (χ2n) is 7.42. The van der Waals surface area contributed by atoms with Gasteiger partial charge in [-0.2, -0.15) is 0 Å². The molecule has 0 aromatic heterocycles. The first-order chi connectivity index (χ1) is 14.4. The molecule has 156 valence electrons. The van der Waals surface area contributed by atoms with E-state index in [-0.39, 0.29) is 5.82 Å². The molecule has 6 heteroatoms. The van der Waals surface area contributed by atoms with Crippen LogP contribution in [0.4, 0.5) is 4.39 Å². The largest absolute Gasteiger partial charge is 0.461 e. The van der Waals surface area contributed by atoms with Crippen LogP contribution < -0.4 is 4.74 Å². The van der Waals surface area contributed by atoms with Crippen molar-refractivity contribution in [2.24, 2.45) is 0 Å². The maximum Gasteiger partial charge on any atom is 0.229 e. The number of benzene rings is 3. The molecule has 5 nitrogen and oxygen atoms in total. The molecule has 2 unspecified atom stereocenters. The van der Waals surface area contributed by atoms with Crippen LogP contribution in [-0.4, -0.2) is 46.0 Å². The summed E-state index contributed by atoms with van der Waals surface area (Å²) in [5.41, 5.74) is 1.39. The van der Waals surface area contributed by atoms with Crippen LogP contribution in [0.1, 0.15) is 18.1 Å². The van der Waals surface area contributed by atoms with Gasteiger partial charge in [-0.05, 0) is 47.5 Å². The maximum absolute atomic E-state index is 13.5. The Hall–Kier alpha value is -2.77. The first kappa shape index (κ1) is 20.5. The molecule has 0 radical (unpaired) electrons. The lowest BCUT2D eigenvalue weighted by atomic mass is 10.00. The Morgan fingerprint density at radius 3 is 2.33 bits per heavy atom. The third-order valence-electron chi connectivity index (χ3n) is 5.23. The van der Waals surface area contributed by atoms with Crippen LogP contribution in [-0.2, 0) is 4.74 Å². The van der Waals surface area contributed by atoms with Crippen LogP contribution in [0.15, 0.2) is 60.7 Å². The SMILES string of the molecule is CC1OC(Oc2cc3ccccc3cc2/C=C/c2cccc(F)c2)[C@H](O)[C@@H](O)[C@@H]1O. The third kappa shape index (κ3) is 4.22. The van der Waals surface area contributed by atoms with E-state index in [1.165, 1.54) is 12.1 Å². The highest BCUT2D eigenvalue weighted by Crippen LogP contribution is 2.31. The zero-order valence-corrected chi connectivity index (χ0v) is 16.4. The van der Waals surface area contributed by atoms with Gasteiger partial charge >= 0.3 is 0 Å². The summed E-state index contributed by atoms with van der Waals surface area (Å²) in [5.74, 6) is 0.105. The molecule has 3 aromatic rings. The van der Waals surface area contributed by atoms with E-state index in [4.69, 9.17) is 9.47 Å². The van der Waals surface area contributed by atoms with Gasteiger partial charge in [0.1, 0.15) is 29.9 Å². The van der Waals surface area contributed by atoms with E-state index >= 15 is 0 Å². The highest BCUT2D eigenvalue weighted by atomic mass is 19.1. The zero-order chi connectivity index (χ0) is 21.3. The smallest absolute Gasteiger partial charge is 0.229 e. The fraction of sp³-hybridized carbons (Fsp3) is 0.250. The van der Waals surface area contributed by atoms with E-state index in [0.717, 1.165) is 10.8 Å². The van der Waals surface area contributed by atoms with Crippen LogP contribution in [0.3, 0.4) is 0 Å². The molecule has 3 aromatic carbocycles. The number of hydrogen-bond donors (Lipinski definition) is 3. The van der Waals surface area contributed by atoms with Crippen LogP contribution in [0.5, 0.6) is 5.75 Å². The van der Waals surface area contributed by atoms with Crippen molar-refractivity contribution < 1.29 is 29.2 Å². The van der Waals surface area contributed by atoms with Crippen LogP contribution in [0, 0.1) is 5.82 Å². The Balaban J connectivity index is 1.70. The fourth-order valence-electron chi connectivity index (χ4n) is 3.50. The molecule has 1 aliphatic heterocycles. The Labute approximate surface area is 173 Å². The van der Waals surface area contributed by atoms with Gasteiger partial charge in [-0.1, -0.05) is 48.6 Å². The Bertz CT molecular complexity index is 1070. The van der Waals surface area contributed by atoms with E-state index in [1.54, 1.807) is 31.2 Å². The number of hydrogen-bond acceptors (Lipinski definition) is 5. The zero-order valence-electron chi connectivity index (χ0n) is 16.4. The highest BCUT2D eigenvalue weighted by Gasteiger charge is 2.43. The standard InChI is InChI=1S/C24H23FO5/c1-14-21(26)22(27)23(28)24(29-14)30-20-13-17-7-3-2-6-16(17)12-18(20)10-9-15-5-4-8-19(25)11-15/h2-14,21-24,26-28H,1H3/b10-9+/t14?,21-,22+,23-,24?/m1/s1. The number of aliphatic hydroxyl groups excluding tert-OH is 3. The Morgan fingerprint density at radius 2 is 1.60 bits per heavy atom. The molecule has 4 rings (SSSR count). The monoisotopic (exact) mass is 410 g/mol. The first-order valence-corrected chi connectivity index (χ1v) is 9.75. The van der Waals surface area contributed by atoms with Gasteiger partial charge in [0, 0.05) is 5.56 Å². The van der Waals surface area contributed by atoms with Crippen LogP contribution in [0.25, 0.3) is 22.9 Å². The minimum Gasteiger partial charge on any atom is -0.461 e. The minimum atomic E-state index is -1.41. The second kappa shape index (κ2) is 8.53. The van der Waals surface area contributed by atoms with E-state index < -0.39 is 30.7 Å². The number of rotatable bonds is 4. The van der Waals surface area contributed by atoms with Gasteiger partial charge in [0.25, 0.3) is 0 Å². The van der Waals surface area contributed by atoms with Crippen molar-refractivity contribution in [1.29, 1.82) is 0 Å². The fourth-order valence-corrected chi connectivity index (χ4v) is 3.50. The van der Waals surface area contributed by atoms with E-state index in [9.17, 15) is 19.7 Å². The number of fused-ring (bicyclic) bond motifs is 1. The molecular weight excluding hydrogens is 387 g/mol. The van der Waals surface area contributed by atoms with Crippen molar-refractivity contribution in [3.63, 3.8) is 0 Å². The van der Waals surface area contributed by atoms with Crippen molar-refractivity contribution in [3.05, 3.63) is 77.6 Å². The molecule has 0 bridgehead atoms. The van der Waals surface area contributed by atoms with Gasteiger partial charge in [0.05, 0.1) is 6.10 Å². The number of aliphatic hydroxyl groups is 3. The molecule has 0 spiro atoms.